The average Bonchev–Trinajstić information content (AvgIpc) is 2.32. The van der Waals surface area contributed by atoms with Crippen LogP contribution < -0.4 is 5.32 Å². The van der Waals surface area contributed by atoms with Crippen LogP contribution in [-0.4, -0.2) is 12.0 Å². The summed E-state index contributed by atoms with van der Waals surface area (Å²) in [5, 5.41) is 4.54. The Labute approximate surface area is 115 Å². The zero-order valence-corrected chi connectivity index (χ0v) is 11.2. The Morgan fingerprint density at radius 2 is 1.82 bits per heavy atom. The summed E-state index contributed by atoms with van der Waals surface area (Å²) in [5.74, 6) is 0. The van der Waals surface area contributed by atoms with Crippen LogP contribution in [0.4, 0.5) is 5.69 Å². The van der Waals surface area contributed by atoms with Crippen molar-refractivity contribution in [3.05, 3.63) is 45.7 Å². The third-order valence-electron chi connectivity index (χ3n) is 2.37. The van der Waals surface area contributed by atoms with E-state index in [9.17, 15) is 0 Å². The molecule has 0 aliphatic heterocycles. The second-order valence-electron chi connectivity index (χ2n) is 3.43. The van der Waals surface area contributed by atoms with E-state index >= 15 is 0 Å². The SMILES string of the molecule is CNc1cnc(Cl)cc1-c1ccc(Cl)c(Cl)c1. The van der Waals surface area contributed by atoms with Crippen LogP contribution in [0.25, 0.3) is 11.1 Å². The zero-order chi connectivity index (χ0) is 12.4. The molecule has 1 aromatic heterocycles. The molecule has 0 aliphatic rings. The molecular weight excluding hydrogens is 279 g/mol. The lowest BCUT2D eigenvalue weighted by molar-refractivity contribution is 1.31. The summed E-state index contributed by atoms with van der Waals surface area (Å²) >= 11 is 17.8. The molecule has 0 bridgehead atoms. The standard InChI is InChI=1S/C12H9Cl3N2/c1-16-11-6-17-12(15)5-8(11)7-2-3-9(13)10(14)4-7/h2-6,16H,1H3. The molecule has 1 N–H and O–H groups in total. The molecule has 0 amide bonds. The minimum absolute atomic E-state index is 0.435. The minimum Gasteiger partial charge on any atom is -0.386 e. The Bertz CT molecular complexity index is 555. The van der Waals surface area contributed by atoms with E-state index in [0.29, 0.717) is 15.2 Å². The van der Waals surface area contributed by atoms with Crippen molar-refractivity contribution in [2.75, 3.05) is 12.4 Å². The molecule has 1 heterocycles. The number of nitrogens with zero attached hydrogens (tertiary/aromatic N) is 1. The second-order valence-corrected chi connectivity index (χ2v) is 4.63. The Morgan fingerprint density at radius 3 is 2.47 bits per heavy atom. The molecule has 0 saturated carbocycles. The fourth-order valence-corrected chi connectivity index (χ4v) is 1.99. The van der Waals surface area contributed by atoms with E-state index < -0.39 is 0 Å². The molecule has 17 heavy (non-hydrogen) atoms. The number of pyridine rings is 1. The lowest BCUT2D eigenvalue weighted by Gasteiger charge is -2.10. The van der Waals surface area contributed by atoms with E-state index in [1.165, 1.54) is 0 Å². The number of anilines is 1. The summed E-state index contributed by atoms with van der Waals surface area (Å²) in [6.45, 7) is 0. The van der Waals surface area contributed by atoms with Crippen molar-refractivity contribution in [2.24, 2.45) is 0 Å². The van der Waals surface area contributed by atoms with Gasteiger partial charge in [0.2, 0.25) is 0 Å². The van der Waals surface area contributed by atoms with E-state index in [1.54, 1.807) is 24.4 Å². The van der Waals surface area contributed by atoms with Crippen molar-refractivity contribution in [3.63, 3.8) is 0 Å². The maximum Gasteiger partial charge on any atom is 0.129 e. The molecule has 0 atom stereocenters. The van der Waals surface area contributed by atoms with Crippen LogP contribution in [0, 0.1) is 0 Å². The van der Waals surface area contributed by atoms with Gasteiger partial charge in [0.05, 0.1) is 21.9 Å². The number of aromatic nitrogens is 1. The number of benzene rings is 1. The highest BCUT2D eigenvalue weighted by Crippen LogP contribution is 2.33. The van der Waals surface area contributed by atoms with Crippen molar-refractivity contribution in [3.8, 4) is 11.1 Å². The van der Waals surface area contributed by atoms with Crippen LogP contribution in [0.5, 0.6) is 0 Å². The first-order chi connectivity index (χ1) is 8.11. The third kappa shape index (κ3) is 2.65. The lowest BCUT2D eigenvalue weighted by atomic mass is 10.1. The molecule has 0 radical (unpaired) electrons. The van der Waals surface area contributed by atoms with Crippen molar-refractivity contribution in [2.45, 2.75) is 0 Å². The molecule has 2 aromatic rings. The van der Waals surface area contributed by atoms with Gasteiger partial charge in [-0.1, -0.05) is 40.9 Å². The van der Waals surface area contributed by atoms with Gasteiger partial charge in [-0.3, -0.25) is 0 Å². The predicted octanol–water partition coefficient (Wildman–Crippen LogP) is 4.75. The molecule has 1 aromatic carbocycles. The van der Waals surface area contributed by atoms with E-state index in [0.717, 1.165) is 16.8 Å². The highest BCUT2D eigenvalue weighted by Gasteiger charge is 2.07. The smallest absolute Gasteiger partial charge is 0.129 e. The molecule has 0 saturated heterocycles. The summed E-state index contributed by atoms with van der Waals surface area (Å²) in [7, 11) is 1.83. The number of nitrogens with one attached hydrogen (secondary N) is 1. The first-order valence-corrected chi connectivity index (χ1v) is 6.04. The van der Waals surface area contributed by atoms with Gasteiger partial charge in [-0.2, -0.15) is 0 Å². The van der Waals surface area contributed by atoms with Gasteiger partial charge in [0.25, 0.3) is 0 Å². The third-order valence-corrected chi connectivity index (χ3v) is 3.32. The van der Waals surface area contributed by atoms with Gasteiger partial charge in [-0.15, -0.1) is 0 Å². The molecule has 0 unspecified atom stereocenters. The van der Waals surface area contributed by atoms with Crippen molar-refractivity contribution in [1.29, 1.82) is 0 Å². The van der Waals surface area contributed by atoms with Gasteiger partial charge in [-0.05, 0) is 23.8 Å². The fourth-order valence-electron chi connectivity index (χ4n) is 1.53. The van der Waals surface area contributed by atoms with Gasteiger partial charge in [0.1, 0.15) is 5.15 Å². The van der Waals surface area contributed by atoms with Crippen molar-refractivity contribution >= 4 is 40.5 Å². The molecule has 2 nitrogen and oxygen atoms in total. The summed E-state index contributed by atoms with van der Waals surface area (Å²) in [6, 6.07) is 7.23. The highest BCUT2D eigenvalue weighted by atomic mass is 35.5. The number of hydrogen-bond donors (Lipinski definition) is 1. The molecule has 5 heteroatoms. The maximum absolute atomic E-state index is 6.00. The minimum atomic E-state index is 0.435. The van der Waals surface area contributed by atoms with Gasteiger partial charge in [0.15, 0.2) is 0 Å². The second kappa shape index (κ2) is 5.13. The van der Waals surface area contributed by atoms with Crippen LogP contribution >= 0.6 is 34.8 Å². The first kappa shape index (κ1) is 12.5. The normalized spacial score (nSPS) is 10.4. The summed E-state index contributed by atoms with van der Waals surface area (Å²) in [5.41, 5.74) is 2.76. The van der Waals surface area contributed by atoms with Crippen LogP contribution in [0.1, 0.15) is 0 Å². The Morgan fingerprint density at radius 1 is 1.06 bits per heavy atom. The van der Waals surface area contributed by atoms with Gasteiger partial charge in [-0.25, -0.2) is 4.98 Å². The molecular formula is C12H9Cl3N2. The van der Waals surface area contributed by atoms with Crippen LogP contribution in [-0.2, 0) is 0 Å². The Kier molecular flexibility index (Phi) is 3.77. The largest absolute Gasteiger partial charge is 0.386 e. The van der Waals surface area contributed by atoms with Gasteiger partial charge < -0.3 is 5.32 Å². The average molecular weight is 288 g/mol. The van der Waals surface area contributed by atoms with Gasteiger partial charge in [0, 0.05) is 12.6 Å². The maximum atomic E-state index is 6.00. The summed E-state index contributed by atoms with van der Waals surface area (Å²) in [6.07, 6.45) is 1.68. The molecule has 0 spiro atoms. The predicted molar refractivity (Wildman–Crippen MR) is 74.2 cm³/mol. The van der Waals surface area contributed by atoms with Crippen molar-refractivity contribution < 1.29 is 0 Å². The quantitative estimate of drug-likeness (QED) is 0.806. The number of hydrogen-bond acceptors (Lipinski definition) is 2. The monoisotopic (exact) mass is 286 g/mol. The molecule has 2 rings (SSSR count). The topological polar surface area (TPSA) is 24.9 Å². The summed E-state index contributed by atoms with van der Waals surface area (Å²) < 4.78 is 0. The lowest BCUT2D eigenvalue weighted by Crippen LogP contribution is -1.93. The molecule has 88 valence electrons. The highest BCUT2D eigenvalue weighted by molar-refractivity contribution is 6.42. The van der Waals surface area contributed by atoms with Crippen LogP contribution in [0.2, 0.25) is 15.2 Å². The van der Waals surface area contributed by atoms with E-state index in [1.807, 2.05) is 13.1 Å². The first-order valence-electron chi connectivity index (χ1n) is 4.90. The fraction of sp³-hybridized carbons (Fsp3) is 0.0833. The van der Waals surface area contributed by atoms with Gasteiger partial charge >= 0.3 is 0 Å². The van der Waals surface area contributed by atoms with Crippen LogP contribution in [0.3, 0.4) is 0 Å². The van der Waals surface area contributed by atoms with E-state index in [2.05, 4.69) is 10.3 Å². The molecule has 0 aliphatic carbocycles. The Balaban J connectivity index is 2.58. The van der Waals surface area contributed by atoms with Crippen LogP contribution in [0.15, 0.2) is 30.5 Å². The van der Waals surface area contributed by atoms with Crippen molar-refractivity contribution in [1.82, 2.24) is 4.98 Å². The van der Waals surface area contributed by atoms with E-state index in [4.69, 9.17) is 34.8 Å². The number of halogens is 3. The Hall–Kier alpha value is -0.960. The number of rotatable bonds is 2. The van der Waals surface area contributed by atoms with E-state index in [-0.39, 0.29) is 0 Å². The summed E-state index contributed by atoms with van der Waals surface area (Å²) in [4.78, 5) is 4.02. The molecule has 0 fully saturated rings. The zero-order valence-electron chi connectivity index (χ0n) is 8.97.